The Morgan fingerprint density at radius 1 is 1.26 bits per heavy atom. The summed E-state index contributed by atoms with van der Waals surface area (Å²) in [5, 5.41) is -0.120. The summed E-state index contributed by atoms with van der Waals surface area (Å²) in [5.41, 5.74) is 5.06. The van der Waals surface area contributed by atoms with E-state index in [9.17, 15) is 27.6 Å². The molecular formula is C19H21ClF3N5O6. The van der Waals surface area contributed by atoms with Gasteiger partial charge in [0.05, 0.1) is 0 Å². The SMILES string of the molecule is CC(=O)OC1CC([C@@H](OC(C)=O)C(F)(F)F)OC1n1c(=O)n(CC2CC2)c2c(Cl)nc(N)nc21. The molecule has 3 heterocycles. The highest BCUT2D eigenvalue weighted by Crippen LogP contribution is 2.40. The van der Waals surface area contributed by atoms with Gasteiger partial charge in [0.15, 0.2) is 17.0 Å². The summed E-state index contributed by atoms with van der Waals surface area (Å²) in [4.78, 5) is 44.4. The predicted molar refractivity (Wildman–Crippen MR) is 110 cm³/mol. The number of anilines is 1. The zero-order chi connectivity index (χ0) is 24.9. The number of nitrogens with zero attached hydrogens (tertiary/aromatic N) is 4. The van der Waals surface area contributed by atoms with Crippen molar-refractivity contribution in [2.45, 2.75) is 70.4 Å². The highest BCUT2D eigenvalue weighted by molar-refractivity contribution is 6.33. The molecule has 4 atom stereocenters. The third-order valence-electron chi connectivity index (χ3n) is 5.54. The van der Waals surface area contributed by atoms with Gasteiger partial charge in [-0.25, -0.2) is 9.36 Å². The molecule has 2 fully saturated rings. The number of nitrogens with two attached hydrogens (primary N) is 1. The standard InChI is InChI=1S/C19H21ClF3N5O6/c1-7(29)32-11-5-10(13(19(21,22)23)33-8(2)30)34-16(11)28-15-12(14(20)25-17(24)26-15)27(18(28)31)6-9-3-4-9/h9-11,13,16H,3-6H2,1-2H3,(H2,24,25,26)/t10?,11?,13-,16?/m1/s1. The molecule has 0 spiro atoms. The fourth-order valence-electron chi connectivity index (χ4n) is 4.05. The molecule has 1 saturated heterocycles. The van der Waals surface area contributed by atoms with Crippen LogP contribution < -0.4 is 11.4 Å². The maximum absolute atomic E-state index is 13.7. The lowest BCUT2D eigenvalue weighted by molar-refractivity contribution is -0.248. The van der Waals surface area contributed by atoms with Gasteiger partial charge in [-0.05, 0) is 18.8 Å². The van der Waals surface area contributed by atoms with Crippen LogP contribution >= 0.6 is 11.6 Å². The van der Waals surface area contributed by atoms with Gasteiger partial charge in [-0.3, -0.25) is 14.2 Å². The number of carbonyl (C=O) groups excluding carboxylic acids is 2. The Morgan fingerprint density at radius 2 is 1.94 bits per heavy atom. The second-order valence-corrected chi connectivity index (χ2v) is 8.63. The Morgan fingerprint density at radius 3 is 2.50 bits per heavy atom. The highest BCUT2D eigenvalue weighted by Gasteiger charge is 2.54. The first-order chi connectivity index (χ1) is 15.9. The van der Waals surface area contributed by atoms with E-state index < -0.39 is 54.8 Å². The Labute approximate surface area is 194 Å². The van der Waals surface area contributed by atoms with Crippen LogP contribution in [0.1, 0.15) is 39.3 Å². The number of carbonyl (C=O) groups is 2. The number of ether oxygens (including phenoxy) is 3. The molecule has 1 saturated carbocycles. The zero-order valence-corrected chi connectivity index (χ0v) is 18.8. The summed E-state index contributed by atoms with van der Waals surface area (Å²) in [6.07, 6.45) is -11.0. The van der Waals surface area contributed by atoms with E-state index in [1.54, 1.807) is 0 Å². The average Bonchev–Trinajstić information content (AvgIpc) is 3.36. The molecule has 11 nitrogen and oxygen atoms in total. The molecule has 2 aromatic rings. The third-order valence-corrected chi connectivity index (χ3v) is 5.80. The van der Waals surface area contributed by atoms with Crippen molar-refractivity contribution in [1.29, 1.82) is 0 Å². The smallest absolute Gasteiger partial charge is 0.428 e. The van der Waals surface area contributed by atoms with Crippen molar-refractivity contribution < 1.29 is 37.0 Å². The Hall–Kier alpha value is -2.87. The van der Waals surface area contributed by atoms with Crippen molar-refractivity contribution in [3.63, 3.8) is 0 Å². The average molecular weight is 508 g/mol. The number of hydrogen-bond donors (Lipinski definition) is 1. The second kappa shape index (κ2) is 8.73. The summed E-state index contributed by atoms with van der Waals surface area (Å²) in [6, 6.07) is 0. The number of imidazole rings is 1. The van der Waals surface area contributed by atoms with Crippen molar-refractivity contribution in [3.05, 3.63) is 15.6 Å². The van der Waals surface area contributed by atoms with Crippen LogP contribution in [0.4, 0.5) is 19.1 Å². The van der Waals surface area contributed by atoms with Gasteiger partial charge in [-0.2, -0.15) is 23.1 Å². The molecular weight excluding hydrogens is 487 g/mol. The first-order valence-electron chi connectivity index (χ1n) is 10.4. The fourth-order valence-corrected chi connectivity index (χ4v) is 4.32. The summed E-state index contributed by atoms with van der Waals surface area (Å²) >= 11 is 6.24. The van der Waals surface area contributed by atoms with Gasteiger partial charge in [0.2, 0.25) is 12.1 Å². The number of fused-ring (bicyclic) bond motifs is 1. The van der Waals surface area contributed by atoms with Crippen molar-refractivity contribution >= 4 is 40.7 Å². The Kier molecular flexibility index (Phi) is 6.23. The number of hydrogen-bond acceptors (Lipinski definition) is 9. The molecule has 15 heteroatoms. The molecule has 0 aromatic carbocycles. The predicted octanol–water partition coefficient (Wildman–Crippen LogP) is 1.95. The van der Waals surface area contributed by atoms with Crippen LogP contribution in [0.15, 0.2) is 4.79 Å². The lowest BCUT2D eigenvalue weighted by atomic mass is 10.1. The molecule has 2 aliphatic rings. The molecule has 34 heavy (non-hydrogen) atoms. The molecule has 186 valence electrons. The van der Waals surface area contributed by atoms with Crippen molar-refractivity contribution in [2.24, 2.45) is 5.92 Å². The van der Waals surface area contributed by atoms with Crippen LogP contribution in [-0.2, 0) is 30.3 Å². The van der Waals surface area contributed by atoms with Crippen LogP contribution in [0.3, 0.4) is 0 Å². The zero-order valence-electron chi connectivity index (χ0n) is 18.0. The van der Waals surface area contributed by atoms with Crippen molar-refractivity contribution in [3.8, 4) is 0 Å². The minimum atomic E-state index is -4.98. The molecule has 2 aromatic heterocycles. The number of halogens is 4. The molecule has 1 aliphatic heterocycles. The number of rotatable bonds is 6. The second-order valence-electron chi connectivity index (χ2n) is 8.27. The van der Waals surface area contributed by atoms with Crippen LogP contribution in [0.5, 0.6) is 0 Å². The summed E-state index contributed by atoms with van der Waals surface area (Å²) in [6.45, 7) is 2.17. The van der Waals surface area contributed by atoms with Crippen molar-refractivity contribution in [2.75, 3.05) is 5.73 Å². The van der Waals surface area contributed by atoms with Gasteiger partial charge in [0, 0.05) is 26.8 Å². The van der Waals surface area contributed by atoms with E-state index in [0.717, 1.165) is 31.3 Å². The van der Waals surface area contributed by atoms with E-state index in [4.69, 9.17) is 26.8 Å². The van der Waals surface area contributed by atoms with Gasteiger partial charge in [0.1, 0.15) is 17.7 Å². The minimum absolute atomic E-state index is 0.0815. The van der Waals surface area contributed by atoms with Crippen LogP contribution in [0.25, 0.3) is 11.2 Å². The molecule has 0 radical (unpaired) electrons. The maximum Gasteiger partial charge on any atom is 0.428 e. The maximum atomic E-state index is 13.7. The van der Waals surface area contributed by atoms with Gasteiger partial charge in [-0.15, -0.1) is 0 Å². The summed E-state index contributed by atoms with van der Waals surface area (Å²) in [5.74, 6) is -2.05. The number of aromatic nitrogens is 4. The lowest BCUT2D eigenvalue weighted by Gasteiger charge is -2.25. The van der Waals surface area contributed by atoms with Crippen LogP contribution in [0, 0.1) is 5.92 Å². The largest absolute Gasteiger partial charge is 0.458 e. The topological polar surface area (TPSA) is 141 Å². The van der Waals surface area contributed by atoms with E-state index in [1.807, 2.05) is 0 Å². The molecule has 0 bridgehead atoms. The van der Waals surface area contributed by atoms with E-state index in [-0.39, 0.29) is 34.7 Å². The van der Waals surface area contributed by atoms with E-state index in [1.165, 1.54) is 4.57 Å². The van der Waals surface area contributed by atoms with E-state index >= 15 is 0 Å². The quantitative estimate of drug-likeness (QED) is 0.458. The molecule has 2 N–H and O–H groups in total. The van der Waals surface area contributed by atoms with Crippen LogP contribution in [-0.4, -0.2) is 55.5 Å². The van der Waals surface area contributed by atoms with Crippen molar-refractivity contribution in [1.82, 2.24) is 19.1 Å². The molecule has 4 rings (SSSR count). The number of esters is 2. The molecule has 1 aliphatic carbocycles. The van der Waals surface area contributed by atoms with E-state index in [2.05, 4.69) is 14.7 Å². The van der Waals surface area contributed by atoms with Crippen LogP contribution in [0.2, 0.25) is 5.15 Å². The normalized spacial score (nSPS) is 23.8. The number of nitrogen functional groups attached to an aromatic ring is 1. The Bertz CT molecular complexity index is 1190. The summed E-state index contributed by atoms with van der Waals surface area (Å²) in [7, 11) is 0. The molecule has 0 amide bonds. The van der Waals surface area contributed by atoms with Gasteiger partial charge in [0.25, 0.3) is 0 Å². The summed E-state index contributed by atoms with van der Waals surface area (Å²) < 4.78 is 58.5. The third kappa shape index (κ3) is 4.69. The first-order valence-corrected chi connectivity index (χ1v) is 10.7. The Balaban J connectivity index is 1.83. The van der Waals surface area contributed by atoms with Gasteiger partial charge in [-0.1, -0.05) is 11.6 Å². The van der Waals surface area contributed by atoms with E-state index in [0.29, 0.717) is 0 Å². The fraction of sp³-hybridized carbons (Fsp3) is 0.632. The number of alkyl halides is 3. The minimum Gasteiger partial charge on any atom is -0.458 e. The first kappa shape index (κ1) is 24.3. The lowest BCUT2D eigenvalue weighted by Crippen LogP contribution is -2.43. The molecule has 3 unspecified atom stereocenters. The van der Waals surface area contributed by atoms with Gasteiger partial charge >= 0.3 is 23.8 Å². The monoisotopic (exact) mass is 507 g/mol. The highest BCUT2D eigenvalue weighted by atomic mass is 35.5. The van der Waals surface area contributed by atoms with Gasteiger partial charge < -0.3 is 19.9 Å².